The maximum absolute atomic E-state index is 12.5. The first-order valence-electron chi connectivity index (χ1n) is 7.73. The van der Waals surface area contributed by atoms with Crippen LogP contribution in [-0.4, -0.2) is 35.1 Å². The van der Waals surface area contributed by atoms with Crippen LogP contribution in [0, 0.1) is 0 Å². The quantitative estimate of drug-likeness (QED) is 0.877. The summed E-state index contributed by atoms with van der Waals surface area (Å²) in [6.07, 6.45) is 1.59. The van der Waals surface area contributed by atoms with Gasteiger partial charge in [0.15, 0.2) is 0 Å². The number of phenolic OH excluding ortho intramolecular Hbond substituents is 1. The Morgan fingerprint density at radius 1 is 1.08 bits per heavy atom. The van der Waals surface area contributed by atoms with E-state index in [1.165, 1.54) is 12.1 Å². The van der Waals surface area contributed by atoms with Crippen molar-refractivity contribution in [2.45, 2.75) is 18.9 Å². The van der Waals surface area contributed by atoms with Gasteiger partial charge in [0.25, 0.3) is 5.91 Å². The van der Waals surface area contributed by atoms with Crippen molar-refractivity contribution in [3.05, 3.63) is 58.1 Å². The van der Waals surface area contributed by atoms with Crippen LogP contribution in [0.2, 0.25) is 10.0 Å². The number of hydrogen-bond acceptors (Lipinski definition) is 3. The summed E-state index contributed by atoms with van der Waals surface area (Å²) in [5, 5.41) is 10.6. The fraction of sp³-hybridized carbons (Fsp3) is 0.278. The van der Waals surface area contributed by atoms with Crippen LogP contribution in [0.5, 0.6) is 11.5 Å². The molecule has 24 heavy (non-hydrogen) atoms. The molecule has 4 nitrogen and oxygen atoms in total. The van der Waals surface area contributed by atoms with Gasteiger partial charge in [-0.2, -0.15) is 0 Å². The van der Waals surface area contributed by atoms with Crippen molar-refractivity contribution in [3.8, 4) is 11.5 Å². The van der Waals surface area contributed by atoms with E-state index in [-0.39, 0.29) is 22.8 Å². The number of nitrogens with zero attached hydrogens (tertiary/aromatic N) is 1. The van der Waals surface area contributed by atoms with Crippen molar-refractivity contribution in [2.75, 3.05) is 13.1 Å². The second kappa shape index (κ2) is 7.32. The number of likely N-dealkylation sites (tertiary alicyclic amines) is 1. The van der Waals surface area contributed by atoms with E-state index < -0.39 is 0 Å². The number of carbonyl (C=O) groups is 1. The molecule has 6 heteroatoms. The minimum atomic E-state index is -0.105. The summed E-state index contributed by atoms with van der Waals surface area (Å²) in [5.41, 5.74) is 0.439. The van der Waals surface area contributed by atoms with Crippen LogP contribution in [0.4, 0.5) is 0 Å². The standard InChI is InChI=1S/C18H17Cl2NO3/c19-13-2-4-14(5-3-13)24-15-7-9-21(10-8-15)18(23)12-1-6-16(20)17(22)11-12/h1-6,11,15,22H,7-10H2. The van der Waals surface area contributed by atoms with Crippen LogP contribution in [0.1, 0.15) is 23.2 Å². The molecule has 1 N–H and O–H groups in total. The van der Waals surface area contributed by atoms with Gasteiger partial charge in [-0.05, 0) is 42.5 Å². The smallest absolute Gasteiger partial charge is 0.253 e. The lowest BCUT2D eigenvalue weighted by Gasteiger charge is -2.32. The maximum Gasteiger partial charge on any atom is 0.253 e. The average Bonchev–Trinajstić information content (AvgIpc) is 2.59. The van der Waals surface area contributed by atoms with E-state index in [9.17, 15) is 9.90 Å². The molecule has 3 rings (SSSR count). The zero-order chi connectivity index (χ0) is 17.1. The normalized spacial score (nSPS) is 15.3. The van der Waals surface area contributed by atoms with E-state index >= 15 is 0 Å². The van der Waals surface area contributed by atoms with Crippen molar-refractivity contribution < 1.29 is 14.6 Å². The molecule has 1 fully saturated rings. The van der Waals surface area contributed by atoms with Gasteiger partial charge in [-0.3, -0.25) is 4.79 Å². The van der Waals surface area contributed by atoms with Gasteiger partial charge in [-0.1, -0.05) is 23.2 Å². The number of ether oxygens (including phenoxy) is 1. The highest BCUT2D eigenvalue weighted by Gasteiger charge is 2.25. The number of benzene rings is 2. The molecular formula is C18H17Cl2NO3. The number of hydrogen-bond donors (Lipinski definition) is 1. The predicted molar refractivity (Wildman–Crippen MR) is 94.1 cm³/mol. The monoisotopic (exact) mass is 365 g/mol. The summed E-state index contributed by atoms with van der Waals surface area (Å²) >= 11 is 11.6. The Kier molecular flexibility index (Phi) is 5.17. The molecule has 1 aliphatic rings. The molecule has 0 unspecified atom stereocenters. The molecule has 0 radical (unpaired) electrons. The van der Waals surface area contributed by atoms with E-state index in [4.69, 9.17) is 27.9 Å². The van der Waals surface area contributed by atoms with Gasteiger partial charge in [0.05, 0.1) is 5.02 Å². The maximum atomic E-state index is 12.5. The van der Waals surface area contributed by atoms with E-state index in [0.717, 1.165) is 18.6 Å². The Hall–Kier alpha value is -1.91. The molecule has 0 atom stereocenters. The average molecular weight is 366 g/mol. The third-order valence-electron chi connectivity index (χ3n) is 4.04. The Morgan fingerprint density at radius 3 is 2.38 bits per heavy atom. The molecule has 0 aliphatic carbocycles. The lowest BCUT2D eigenvalue weighted by Crippen LogP contribution is -2.41. The summed E-state index contributed by atoms with van der Waals surface area (Å²) in [5.74, 6) is 0.599. The summed E-state index contributed by atoms with van der Waals surface area (Å²) in [6.45, 7) is 1.22. The fourth-order valence-electron chi connectivity index (χ4n) is 2.71. The van der Waals surface area contributed by atoms with E-state index in [2.05, 4.69) is 0 Å². The third-order valence-corrected chi connectivity index (χ3v) is 4.61. The molecule has 0 saturated carbocycles. The highest BCUT2D eigenvalue weighted by Crippen LogP contribution is 2.26. The number of rotatable bonds is 3. The zero-order valence-electron chi connectivity index (χ0n) is 12.9. The summed E-state index contributed by atoms with van der Waals surface area (Å²) < 4.78 is 5.92. The van der Waals surface area contributed by atoms with Gasteiger partial charge in [0.2, 0.25) is 0 Å². The Morgan fingerprint density at radius 2 is 1.75 bits per heavy atom. The molecule has 1 saturated heterocycles. The second-order valence-corrected chi connectivity index (χ2v) is 6.57. The van der Waals surface area contributed by atoms with Crippen molar-refractivity contribution in [1.29, 1.82) is 0 Å². The highest BCUT2D eigenvalue weighted by atomic mass is 35.5. The molecule has 2 aromatic carbocycles. The van der Waals surface area contributed by atoms with Crippen LogP contribution in [0.15, 0.2) is 42.5 Å². The number of amides is 1. The first kappa shape index (κ1) is 16.9. The van der Waals surface area contributed by atoms with Crippen molar-refractivity contribution in [1.82, 2.24) is 4.90 Å². The van der Waals surface area contributed by atoms with Gasteiger partial charge in [0, 0.05) is 36.5 Å². The molecule has 2 aromatic rings. The Balaban J connectivity index is 1.57. The largest absolute Gasteiger partial charge is 0.506 e. The number of phenols is 1. The van der Waals surface area contributed by atoms with Crippen molar-refractivity contribution in [3.63, 3.8) is 0 Å². The van der Waals surface area contributed by atoms with Crippen LogP contribution < -0.4 is 4.74 Å². The zero-order valence-corrected chi connectivity index (χ0v) is 14.4. The van der Waals surface area contributed by atoms with Gasteiger partial charge in [-0.15, -0.1) is 0 Å². The molecule has 0 spiro atoms. The molecular weight excluding hydrogens is 349 g/mol. The summed E-state index contributed by atoms with van der Waals surface area (Å²) in [7, 11) is 0. The minimum absolute atomic E-state index is 0.0776. The first-order chi connectivity index (χ1) is 11.5. The summed E-state index contributed by atoms with van der Waals surface area (Å²) in [6, 6.07) is 11.8. The topological polar surface area (TPSA) is 49.8 Å². The second-order valence-electron chi connectivity index (χ2n) is 5.73. The molecule has 1 aliphatic heterocycles. The number of aromatic hydroxyl groups is 1. The number of halogens is 2. The Bertz CT molecular complexity index is 726. The van der Waals surface area contributed by atoms with Gasteiger partial charge < -0.3 is 14.7 Å². The van der Waals surface area contributed by atoms with E-state index in [1.807, 2.05) is 12.1 Å². The SMILES string of the molecule is O=C(c1ccc(Cl)c(O)c1)N1CCC(Oc2ccc(Cl)cc2)CC1. The highest BCUT2D eigenvalue weighted by molar-refractivity contribution is 6.32. The lowest BCUT2D eigenvalue weighted by atomic mass is 10.1. The molecule has 1 heterocycles. The number of carbonyl (C=O) groups excluding carboxylic acids is 1. The van der Waals surface area contributed by atoms with Gasteiger partial charge in [0.1, 0.15) is 17.6 Å². The van der Waals surface area contributed by atoms with Crippen LogP contribution in [-0.2, 0) is 0 Å². The van der Waals surface area contributed by atoms with E-state index in [1.54, 1.807) is 23.1 Å². The van der Waals surface area contributed by atoms with Gasteiger partial charge in [-0.25, -0.2) is 0 Å². The molecule has 126 valence electrons. The Labute approximate surface area is 150 Å². The van der Waals surface area contributed by atoms with Crippen LogP contribution >= 0.6 is 23.2 Å². The molecule has 0 bridgehead atoms. The van der Waals surface area contributed by atoms with E-state index in [0.29, 0.717) is 23.7 Å². The molecule has 0 aromatic heterocycles. The van der Waals surface area contributed by atoms with Crippen molar-refractivity contribution >= 4 is 29.1 Å². The van der Waals surface area contributed by atoms with Gasteiger partial charge >= 0.3 is 0 Å². The summed E-state index contributed by atoms with van der Waals surface area (Å²) in [4.78, 5) is 14.3. The minimum Gasteiger partial charge on any atom is -0.506 e. The number of piperidine rings is 1. The first-order valence-corrected chi connectivity index (χ1v) is 8.48. The molecule has 1 amide bonds. The third kappa shape index (κ3) is 3.94. The fourth-order valence-corrected chi connectivity index (χ4v) is 2.95. The van der Waals surface area contributed by atoms with Crippen molar-refractivity contribution in [2.24, 2.45) is 0 Å². The predicted octanol–water partition coefficient (Wildman–Crippen LogP) is 4.38. The lowest BCUT2D eigenvalue weighted by molar-refractivity contribution is 0.0595. The van der Waals surface area contributed by atoms with Crippen LogP contribution in [0.3, 0.4) is 0 Å². The van der Waals surface area contributed by atoms with Crippen LogP contribution in [0.25, 0.3) is 0 Å².